The van der Waals surface area contributed by atoms with E-state index in [4.69, 9.17) is 27.9 Å². The minimum absolute atomic E-state index is 0.0621. The molecule has 2 aromatic rings. The molecule has 0 aromatic carbocycles. The van der Waals surface area contributed by atoms with Crippen molar-refractivity contribution in [3.8, 4) is 0 Å². The minimum Gasteiger partial charge on any atom is -0.405 e. The van der Waals surface area contributed by atoms with Crippen molar-refractivity contribution >= 4 is 42.5 Å². The summed E-state index contributed by atoms with van der Waals surface area (Å²) >= 11 is 2.84. The number of alkyl halides is 6. The lowest BCUT2D eigenvalue weighted by atomic mass is 9.49. The number of halogens is 7. The van der Waals surface area contributed by atoms with Crippen molar-refractivity contribution in [3.05, 3.63) is 29.3 Å². The molecule has 0 bridgehead atoms. The average Bonchev–Trinajstić information content (AvgIpc) is 3.61. The summed E-state index contributed by atoms with van der Waals surface area (Å²) in [6.07, 6.45) is -5.03. The zero-order valence-electron chi connectivity index (χ0n) is 27.9. The van der Waals surface area contributed by atoms with Gasteiger partial charge in [-0.25, -0.2) is 0 Å². The summed E-state index contributed by atoms with van der Waals surface area (Å²) in [5.74, 6) is 0. The van der Waals surface area contributed by atoms with Crippen LogP contribution in [0, 0.1) is 0 Å². The van der Waals surface area contributed by atoms with Gasteiger partial charge in [-0.3, -0.25) is 0 Å². The predicted molar refractivity (Wildman–Crippen MR) is 163 cm³/mol. The molecular weight excluding hydrogens is 691 g/mol. The second-order valence-corrected chi connectivity index (χ2v) is 15.0. The summed E-state index contributed by atoms with van der Waals surface area (Å²) in [6.45, 7) is 23.5. The highest BCUT2D eigenvalue weighted by Gasteiger charge is 2.63. The third-order valence-corrected chi connectivity index (χ3v) is 9.37. The van der Waals surface area contributed by atoms with Crippen LogP contribution in [0.25, 0.3) is 0 Å². The molecule has 10 nitrogen and oxygen atoms in total. The molecule has 20 heteroatoms. The zero-order chi connectivity index (χ0) is 35.5. The number of rotatable bonds is 2. The lowest BCUT2D eigenvalue weighted by molar-refractivity contribution is -0.213. The van der Waals surface area contributed by atoms with Crippen molar-refractivity contribution < 1.29 is 54.3 Å². The topological polar surface area (TPSA) is 91.0 Å². The summed E-state index contributed by atoms with van der Waals surface area (Å²) in [5, 5.41) is 6.29. The minimum atomic E-state index is -4.53. The van der Waals surface area contributed by atoms with E-state index in [-0.39, 0.29) is 37.2 Å². The first-order chi connectivity index (χ1) is 20.4. The van der Waals surface area contributed by atoms with E-state index < -0.39 is 44.9 Å². The Bertz CT molecular complexity index is 1280. The Morgan fingerprint density at radius 1 is 0.543 bits per heavy atom. The second kappa shape index (κ2) is 12.4. The molecule has 0 radical (unpaired) electrons. The van der Waals surface area contributed by atoms with Gasteiger partial charge in [0.2, 0.25) is 0 Å². The molecule has 0 amide bonds. The first-order valence-corrected chi connectivity index (χ1v) is 15.2. The van der Waals surface area contributed by atoms with E-state index >= 15 is 0 Å². The molecule has 3 aliphatic rings. The average molecular weight is 731 g/mol. The maximum absolute atomic E-state index is 12.4. The van der Waals surface area contributed by atoms with Crippen molar-refractivity contribution in [3.63, 3.8) is 0 Å². The van der Waals surface area contributed by atoms with Gasteiger partial charge in [-0.2, -0.15) is 19.6 Å². The number of hydrogen-bond acceptors (Lipinski definition) is 8. The Morgan fingerprint density at radius 3 is 1.11 bits per heavy atom. The first kappa shape index (κ1) is 38.9. The molecule has 5 heterocycles. The quantitative estimate of drug-likeness (QED) is 0.274. The molecule has 0 N–H and O–H groups in total. The van der Waals surface area contributed by atoms with Crippen molar-refractivity contribution in [1.82, 2.24) is 19.6 Å². The third-order valence-electron chi connectivity index (χ3n) is 8.96. The smallest absolute Gasteiger partial charge is 0.405 e. The lowest BCUT2D eigenvalue weighted by Gasteiger charge is -2.32. The highest BCUT2D eigenvalue weighted by Crippen LogP contribution is 2.43. The number of aromatic nitrogens is 4. The van der Waals surface area contributed by atoms with E-state index in [9.17, 15) is 26.3 Å². The first-order valence-electron chi connectivity index (χ1n) is 14.4. The van der Waals surface area contributed by atoms with Crippen LogP contribution in [-0.4, -0.2) is 74.3 Å². The largest absolute Gasteiger partial charge is 0.504 e. The van der Waals surface area contributed by atoms with Crippen LogP contribution in [0.5, 0.6) is 0 Å². The fourth-order valence-corrected chi connectivity index (χ4v) is 4.30. The van der Waals surface area contributed by atoms with E-state index in [0.717, 1.165) is 24.8 Å². The summed E-state index contributed by atoms with van der Waals surface area (Å²) < 4.78 is 108. The van der Waals surface area contributed by atoms with E-state index in [1.165, 1.54) is 0 Å². The van der Waals surface area contributed by atoms with Gasteiger partial charge in [0.15, 0.2) is 0 Å². The van der Waals surface area contributed by atoms with Gasteiger partial charge in [-0.1, -0.05) is 0 Å². The van der Waals surface area contributed by atoms with Gasteiger partial charge in [-0.05, 0) is 99.0 Å². The van der Waals surface area contributed by atoms with E-state index in [1.54, 1.807) is 0 Å². The molecule has 0 saturated carbocycles. The summed E-state index contributed by atoms with van der Waals surface area (Å²) in [6, 6.07) is 0. The number of nitrogens with zero attached hydrogens (tertiary/aromatic N) is 4. The van der Waals surface area contributed by atoms with E-state index in [2.05, 4.69) is 26.1 Å². The molecule has 3 aliphatic heterocycles. The maximum Gasteiger partial charge on any atom is 0.504 e. The van der Waals surface area contributed by atoms with Crippen LogP contribution in [-0.2, 0) is 40.5 Å². The molecule has 0 unspecified atom stereocenters. The zero-order valence-corrected chi connectivity index (χ0v) is 29.5. The fourth-order valence-electron chi connectivity index (χ4n) is 4.02. The standard InChI is InChI=1S/C12H24B2O4.C10H14BF3N2O2.C4H2BrF3N2/c1-9(2)10(3,4)16-13(15-9)14-17-11(5,6)12(7,8)18-14;1-8(2)9(3,4)18-11(17-8)7-5-15-16(6-7)10(12,13)14;5-3-1-9-10(2-3)4(6,7)8/h1-8H3;5-6H,1-4H3;1-2H. The van der Waals surface area contributed by atoms with Crippen molar-refractivity contribution in [1.29, 1.82) is 0 Å². The second-order valence-electron chi connectivity index (χ2n) is 14.1. The summed E-state index contributed by atoms with van der Waals surface area (Å²) in [4.78, 5) is 0. The highest BCUT2D eigenvalue weighted by atomic mass is 79.9. The van der Waals surface area contributed by atoms with Gasteiger partial charge in [0.1, 0.15) is 0 Å². The van der Waals surface area contributed by atoms with Crippen LogP contribution in [0.4, 0.5) is 26.3 Å². The Labute approximate surface area is 274 Å². The van der Waals surface area contributed by atoms with Crippen LogP contribution >= 0.6 is 15.9 Å². The van der Waals surface area contributed by atoms with Gasteiger partial charge >= 0.3 is 33.7 Å². The van der Waals surface area contributed by atoms with Crippen LogP contribution in [0.1, 0.15) is 83.1 Å². The molecule has 3 saturated heterocycles. The predicted octanol–water partition coefficient (Wildman–Crippen LogP) is 6.03. The monoisotopic (exact) mass is 730 g/mol. The van der Waals surface area contributed by atoms with Crippen LogP contribution in [0.3, 0.4) is 0 Å². The van der Waals surface area contributed by atoms with Gasteiger partial charge in [0.25, 0.3) is 0 Å². The molecule has 0 atom stereocenters. The van der Waals surface area contributed by atoms with Gasteiger partial charge < -0.3 is 27.9 Å². The number of hydrogen-bond donors (Lipinski definition) is 0. The summed E-state index contributed by atoms with van der Waals surface area (Å²) in [7, 11) is -1.78. The Morgan fingerprint density at radius 2 is 0.848 bits per heavy atom. The summed E-state index contributed by atoms with van der Waals surface area (Å²) in [5.41, 5.74) is -2.35. The van der Waals surface area contributed by atoms with Crippen LogP contribution in [0.2, 0.25) is 0 Å². The molecule has 258 valence electrons. The van der Waals surface area contributed by atoms with Gasteiger partial charge in [-0.15, -0.1) is 26.3 Å². The van der Waals surface area contributed by atoms with Crippen molar-refractivity contribution in [2.45, 2.75) is 129 Å². The SMILES string of the molecule is CC1(C)OB(B2OC(C)(C)C(C)(C)O2)OC1(C)C.CC1(C)OB(c2cnn(C(F)(F)F)c2)OC1(C)C.FC(F)(F)n1cc(Br)cn1. The fraction of sp³-hybridized carbons (Fsp3) is 0.769. The Balaban J connectivity index is 0.000000196. The van der Waals surface area contributed by atoms with Crippen LogP contribution < -0.4 is 5.46 Å². The Hall–Kier alpha value is -1.57. The normalized spacial score (nSPS) is 23.9. The maximum atomic E-state index is 12.4. The Kier molecular flexibility index (Phi) is 10.5. The van der Waals surface area contributed by atoms with Crippen molar-refractivity contribution in [2.75, 3.05) is 0 Å². The third kappa shape index (κ3) is 8.35. The molecule has 3 fully saturated rings. The van der Waals surface area contributed by atoms with Crippen molar-refractivity contribution in [2.24, 2.45) is 0 Å². The molecule has 46 heavy (non-hydrogen) atoms. The molecule has 2 aromatic heterocycles. The van der Waals surface area contributed by atoms with Crippen LogP contribution in [0.15, 0.2) is 29.3 Å². The van der Waals surface area contributed by atoms with Gasteiger partial charge in [0.05, 0.1) is 44.3 Å². The molecule has 5 rings (SSSR count). The molecule has 0 spiro atoms. The molecule has 0 aliphatic carbocycles. The van der Waals surface area contributed by atoms with E-state index in [1.807, 2.05) is 83.1 Å². The molecular formula is C26H40B3BrF6N4O6. The highest BCUT2D eigenvalue weighted by molar-refractivity contribution is 9.10. The lowest BCUT2D eigenvalue weighted by Crippen LogP contribution is -2.41. The van der Waals surface area contributed by atoms with Gasteiger partial charge in [0, 0.05) is 24.1 Å². The van der Waals surface area contributed by atoms with E-state index in [0.29, 0.717) is 4.47 Å².